The molecule has 0 saturated heterocycles. The molecule has 0 unspecified atom stereocenters. The number of hydrogen-bond donors (Lipinski definition) is 0. The first-order valence-electron chi connectivity index (χ1n) is 12.0. The predicted molar refractivity (Wildman–Crippen MR) is 136 cm³/mol. The molecule has 1 aliphatic rings. The molecule has 0 fully saturated rings. The van der Waals surface area contributed by atoms with Crippen molar-refractivity contribution in [1.29, 1.82) is 0 Å². The van der Waals surface area contributed by atoms with Gasteiger partial charge in [0.05, 0.1) is 17.9 Å². The molecule has 170 valence electrons. The molecule has 0 amide bonds. The van der Waals surface area contributed by atoms with Crippen LogP contribution >= 0.6 is 0 Å². The van der Waals surface area contributed by atoms with E-state index in [1.54, 1.807) is 0 Å². The SMILES string of the molecule is CCc1nc(-c2cccc3cc(O[Si](C(C)C)(C(C)C)C(C)C)ncc23)c2n1CCN=C2. The fraction of sp³-hybridized carbons (Fsp3) is 0.500. The van der Waals surface area contributed by atoms with Gasteiger partial charge >= 0.3 is 0 Å². The topological polar surface area (TPSA) is 52.3 Å². The van der Waals surface area contributed by atoms with Crippen molar-refractivity contribution in [2.75, 3.05) is 6.54 Å². The molecule has 6 heteroatoms. The van der Waals surface area contributed by atoms with E-state index in [0.29, 0.717) is 16.6 Å². The predicted octanol–water partition coefficient (Wildman–Crippen LogP) is 6.65. The van der Waals surface area contributed by atoms with E-state index in [1.807, 2.05) is 12.4 Å². The number of aromatic nitrogens is 3. The summed E-state index contributed by atoms with van der Waals surface area (Å²) in [6.07, 6.45) is 4.86. The van der Waals surface area contributed by atoms with Crippen LogP contribution in [0.15, 0.2) is 35.5 Å². The minimum atomic E-state index is -2.05. The van der Waals surface area contributed by atoms with Crippen molar-refractivity contribution in [3.63, 3.8) is 0 Å². The Morgan fingerprint density at radius 1 is 1.06 bits per heavy atom. The molecule has 0 N–H and O–H groups in total. The molecule has 1 aliphatic heterocycles. The third-order valence-electron chi connectivity index (χ3n) is 7.05. The Hall–Kier alpha value is -2.47. The second-order valence-electron chi connectivity index (χ2n) is 9.77. The van der Waals surface area contributed by atoms with Crippen molar-refractivity contribution in [1.82, 2.24) is 14.5 Å². The van der Waals surface area contributed by atoms with E-state index >= 15 is 0 Å². The Labute approximate surface area is 193 Å². The Kier molecular flexibility index (Phi) is 6.25. The smallest absolute Gasteiger partial charge is 0.260 e. The highest BCUT2D eigenvalue weighted by molar-refractivity contribution is 6.78. The molecule has 0 spiro atoms. The molecule has 3 aromatic rings. The summed E-state index contributed by atoms with van der Waals surface area (Å²) in [6.45, 7) is 17.7. The quantitative estimate of drug-likeness (QED) is 0.380. The highest BCUT2D eigenvalue weighted by Gasteiger charge is 2.47. The monoisotopic (exact) mass is 448 g/mol. The van der Waals surface area contributed by atoms with Gasteiger partial charge < -0.3 is 8.99 Å². The molecule has 0 saturated carbocycles. The number of rotatable bonds is 7. The highest BCUT2D eigenvalue weighted by atomic mass is 28.4. The number of aliphatic imine (C=N–C) groups is 1. The lowest BCUT2D eigenvalue weighted by molar-refractivity contribution is 0.465. The molecule has 0 atom stereocenters. The van der Waals surface area contributed by atoms with E-state index in [-0.39, 0.29) is 0 Å². The molecule has 4 rings (SSSR count). The zero-order chi connectivity index (χ0) is 23.0. The van der Waals surface area contributed by atoms with Gasteiger partial charge in [0.15, 0.2) is 5.88 Å². The van der Waals surface area contributed by atoms with Gasteiger partial charge in [0.25, 0.3) is 8.32 Å². The van der Waals surface area contributed by atoms with Gasteiger partial charge in [0, 0.05) is 42.4 Å². The second kappa shape index (κ2) is 8.81. The summed E-state index contributed by atoms with van der Waals surface area (Å²) < 4.78 is 9.14. The normalized spacial score (nSPS) is 14.1. The van der Waals surface area contributed by atoms with Gasteiger partial charge in [-0.05, 0) is 22.0 Å². The zero-order valence-corrected chi connectivity index (χ0v) is 21.5. The minimum absolute atomic E-state index is 0.509. The van der Waals surface area contributed by atoms with Crippen LogP contribution in [0.5, 0.6) is 5.88 Å². The van der Waals surface area contributed by atoms with Gasteiger partial charge in [-0.3, -0.25) is 4.99 Å². The highest BCUT2D eigenvalue weighted by Crippen LogP contribution is 2.43. The fourth-order valence-electron chi connectivity index (χ4n) is 5.62. The maximum atomic E-state index is 6.84. The van der Waals surface area contributed by atoms with E-state index in [9.17, 15) is 0 Å². The van der Waals surface area contributed by atoms with Gasteiger partial charge in [-0.1, -0.05) is 66.7 Å². The Morgan fingerprint density at radius 2 is 1.78 bits per heavy atom. The van der Waals surface area contributed by atoms with E-state index in [2.05, 4.69) is 82.3 Å². The van der Waals surface area contributed by atoms with Crippen LogP contribution in [0.1, 0.15) is 60.0 Å². The van der Waals surface area contributed by atoms with Gasteiger partial charge in [-0.2, -0.15) is 0 Å². The Balaban J connectivity index is 1.80. The fourth-order valence-corrected chi connectivity index (χ4v) is 10.8. The lowest BCUT2D eigenvalue weighted by Crippen LogP contribution is -2.50. The maximum absolute atomic E-state index is 6.84. The number of imidazole rings is 1. The summed E-state index contributed by atoms with van der Waals surface area (Å²) in [5, 5.41) is 2.24. The zero-order valence-electron chi connectivity index (χ0n) is 20.5. The van der Waals surface area contributed by atoms with Crippen LogP contribution in [0.4, 0.5) is 0 Å². The lowest BCUT2D eigenvalue weighted by Gasteiger charge is -2.41. The Bertz CT molecular complexity index is 1120. The largest absolute Gasteiger partial charge is 0.530 e. The molecule has 1 aromatic carbocycles. The number of hydrogen-bond acceptors (Lipinski definition) is 4. The number of pyridine rings is 1. The standard InChI is InChI=1S/C26H36N4OSi/c1-8-24-29-26(23-16-27-12-13-30(23)24)21-11-9-10-20-14-25(28-15-22(20)21)31-32(17(2)3,18(4)5)19(6)7/h9-11,14-19H,8,12-13H2,1-7H3. The molecular weight excluding hydrogens is 412 g/mol. The van der Waals surface area contributed by atoms with Crippen LogP contribution in [0, 0.1) is 0 Å². The van der Waals surface area contributed by atoms with Gasteiger partial charge in [0.1, 0.15) is 5.82 Å². The van der Waals surface area contributed by atoms with Gasteiger partial charge in [-0.25, -0.2) is 9.97 Å². The average Bonchev–Trinajstić information content (AvgIpc) is 3.14. The molecule has 0 bridgehead atoms. The van der Waals surface area contributed by atoms with Crippen molar-refractivity contribution < 1.29 is 4.43 Å². The van der Waals surface area contributed by atoms with Crippen LogP contribution in [-0.4, -0.2) is 35.6 Å². The molecule has 0 aliphatic carbocycles. The first kappa shape index (κ1) is 22.7. The molecule has 0 radical (unpaired) electrons. The van der Waals surface area contributed by atoms with Crippen molar-refractivity contribution in [2.24, 2.45) is 4.99 Å². The summed E-state index contributed by atoms with van der Waals surface area (Å²) in [5.41, 5.74) is 4.74. The van der Waals surface area contributed by atoms with Crippen molar-refractivity contribution >= 4 is 25.3 Å². The molecular formula is C26H36N4OSi. The van der Waals surface area contributed by atoms with Gasteiger partial charge in [0.2, 0.25) is 0 Å². The third kappa shape index (κ3) is 3.68. The van der Waals surface area contributed by atoms with Crippen LogP contribution in [-0.2, 0) is 13.0 Å². The van der Waals surface area contributed by atoms with Crippen molar-refractivity contribution in [3.05, 3.63) is 42.0 Å². The van der Waals surface area contributed by atoms with E-state index < -0.39 is 8.32 Å². The third-order valence-corrected chi connectivity index (χ3v) is 13.0. The number of benzene rings is 1. The Morgan fingerprint density at radius 3 is 2.44 bits per heavy atom. The average molecular weight is 449 g/mol. The minimum Gasteiger partial charge on any atom is -0.530 e. The van der Waals surface area contributed by atoms with E-state index in [0.717, 1.165) is 58.9 Å². The summed E-state index contributed by atoms with van der Waals surface area (Å²) >= 11 is 0. The van der Waals surface area contributed by atoms with Gasteiger partial charge in [-0.15, -0.1) is 0 Å². The molecule has 5 nitrogen and oxygen atoms in total. The lowest BCUT2D eigenvalue weighted by atomic mass is 10.0. The summed E-state index contributed by atoms with van der Waals surface area (Å²) in [5.74, 6) is 1.87. The van der Waals surface area contributed by atoms with Crippen LogP contribution in [0.25, 0.3) is 22.0 Å². The number of fused-ring (bicyclic) bond motifs is 2. The summed E-state index contributed by atoms with van der Waals surface area (Å²) in [7, 11) is -2.05. The summed E-state index contributed by atoms with van der Waals surface area (Å²) in [6, 6.07) is 8.51. The molecule has 2 aromatic heterocycles. The van der Waals surface area contributed by atoms with Crippen LogP contribution < -0.4 is 4.43 Å². The van der Waals surface area contributed by atoms with Crippen LogP contribution in [0.3, 0.4) is 0 Å². The van der Waals surface area contributed by atoms with Crippen LogP contribution in [0.2, 0.25) is 16.6 Å². The number of nitrogens with zero attached hydrogens (tertiary/aromatic N) is 4. The van der Waals surface area contributed by atoms with E-state index in [1.165, 1.54) is 0 Å². The molecule has 3 heterocycles. The summed E-state index contributed by atoms with van der Waals surface area (Å²) in [4.78, 5) is 14.3. The van der Waals surface area contributed by atoms with Crippen molar-refractivity contribution in [2.45, 2.75) is 78.1 Å². The number of aryl methyl sites for hydroxylation is 1. The second-order valence-corrected chi connectivity index (χ2v) is 15.1. The molecule has 32 heavy (non-hydrogen) atoms. The maximum Gasteiger partial charge on any atom is 0.260 e. The van der Waals surface area contributed by atoms with Crippen molar-refractivity contribution in [3.8, 4) is 17.1 Å². The first-order chi connectivity index (χ1) is 15.3. The first-order valence-corrected chi connectivity index (χ1v) is 14.1. The van der Waals surface area contributed by atoms with E-state index in [4.69, 9.17) is 14.4 Å².